The molecule has 2 N–H and O–H groups in total. The highest BCUT2D eigenvalue weighted by molar-refractivity contribution is 6.30. The van der Waals surface area contributed by atoms with Crippen molar-refractivity contribution in [2.24, 2.45) is 11.8 Å². The van der Waals surface area contributed by atoms with Gasteiger partial charge in [-0.1, -0.05) is 55.8 Å². The highest BCUT2D eigenvalue weighted by Crippen LogP contribution is 2.25. The number of nitrogens with zero attached hydrogens (tertiary/aromatic N) is 1. The Bertz CT molecular complexity index is 1250. The molecule has 0 radical (unpaired) electrons. The molecular formula is C25H28ClN3O9. The zero-order valence-electron chi connectivity index (χ0n) is 21.2. The Morgan fingerprint density at radius 2 is 1.87 bits per heavy atom. The van der Waals surface area contributed by atoms with Crippen molar-refractivity contribution in [2.75, 3.05) is 13.7 Å². The summed E-state index contributed by atoms with van der Waals surface area (Å²) < 4.78 is 21.3. The van der Waals surface area contributed by atoms with E-state index >= 15 is 0 Å². The van der Waals surface area contributed by atoms with Crippen LogP contribution in [0.2, 0.25) is 5.15 Å². The van der Waals surface area contributed by atoms with E-state index in [4.69, 9.17) is 30.5 Å². The van der Waals surface area contributed by atoms with Crippen LogP contribution < -0.4 is 15.6 Å². The number of benzene rings is 1. The fourth-order valence-electron chi connectivity index (χ4n) is 3.68. The zero-order chi connectivity index (χ0) is 28.0. The van der Waals surface area contributed by atoms with Gasteiger partial charge in [-0.25, -0.2) is 9.78 Å². The van der Waals surface area contributed by atoms with Gasteiger partial charge in [-0.05, 0) is 18.9 Å². The van der Waals surface area contributed by atoms with Crippen molar-refractivity contribution in [2.45, 2.75) is 45.4 Å². The van der Waals surface area contributed by atoms with E-state index in [1.807, 2.05) is 6.07 Å². The maximum absolute atomic E-state index is 13.2. The molecule has 1 aliphatic rings. The molecule has 0 aliphatic carbocycles. The highest BCUT2D eigenvalue weighted by Gasteiger charge is 2.42. The Kier molecular flexibility index (Phi) is 9.45. The van der Waals surface area contributed by atoms with Crippen molar-refractivity contribution in [3.63, 3.8) is 0 Å². The number of amides is 1. The summed E-state index contributed by atoms with van der Waals surface area (Å²) in [5.41, 5.74) is -0.799. The van der Waals surface area contributed by atoms with Crippen LogP contribution in [-0.2, 0) is 35.0 Å². The summed E-state index contributed by atoms with van der Waals surface area (Å²) in [6.07, 6.45) is -2.11. The fourth-order valence-corrected chi connectivity index (χ4v) is 3.89. The molecule has 2 heterocycles. The second kappa shape index (κ2) is 12.5. The average molecular weight is 550 g/mol. The van der Waals surface area contributed by atoms with Crippen molar-refractivity contribution in [3.05, 3.63) is 57.1 Å². The fraction of sp³-hybridized carbons (Fsp3) is 0.440. The number of carbonyl (C=O) groups is 4. The first kappa shape index (κ1) is 28.6. The Morgan fingerprint density at radius 1 is 1.18 bits per heavy atom. The van der Waals surface area contributed by atoms with Crippen LogP contribution in [0.15, 0.2) is 35.1 Å². The second-order valence-electron chi connectivity index (χ2n) is 8.89. The smallest absolute Gasteiger partial charge is 0.332 e. The quantitative estimate of drug-likeness (QED) is 0.381. The van der Waals surface area contributed by atoms with E-state index in [-0.39, 0.29) is 17.5 Å². The molecule has 12 nitrogen and oxygen atoms in total. The molecule has 38 heavy (non-hydrogen) atoms. The number of esters is 3. The maximum Gasteiger partial charge on any atom is 0.332 e. The molecule has 1 aromatic carbocycles. The summed E-state index contributed by atoms with van der Waals surface area (Å²) in [7, 11) is 1.25. The van der Waals surface area contributed by atoms with Gasteiger partial charge in [-0.3, -0.25) is 24.2 Å². The lowest BCUT2D eigenvalue weighted by Crippen LogP contribution is -2.48. The van der Waals surface area contributed by atoms with Crippen LogP contribution in [0.1, 0.15) is 36.8 Å². The first-order chi connectivity index (χ1) is 18.0. The van der Waals surface area contributed by atoms with E-state index in [1.165, 1.54) is 14.0 Å². The summed E-state index contributed by atoms with van der Waals surface area (Å²) >= 11 is 5.90. The van der Waals surface area contributed by atoms with Gasteiger partial charge >= 0.3 is 17.9 Å². The van der Waals surface area contributed by atoms with Crippen LogP contribution in [-0.4, -0.2) is 65.7 Å². The summed E-state index contributed by atoms with van der Waals surface area (Å²) in [5.74, 6) is -5.05. The first-order valence-corrected chi connectivity index (χ1v) is 12.2. The third-order valence-electron chi connectivity index (χ3n) is 5.73. The van der Waals surface area contributed by atoms with E-state index in [0.29, 0.717) is 0 Å². The Hall–Kier alpha value is -3.93. The summed E-state index contributed by atoms with van der Waals surface area (Å²) in [4.78, 5) is 69.6. The van der Waals surface area contributed by atoms with E-state index in [0.717, 1.165) is 5.56 Å². The van der Waals surface area contributed by atoms with Gasteiger partial charge in [0.15, 0.2) is 23.0 Å². The minimum absolute atomic E-state index is 0.137. The third kappa shape index (κ3) is 6.88. The van der Waals surface area contributed by atoms with Crippen molar-refractivity contribution in [3.8, 4) is 5.88 Å². The van der Waals surface area contributed by atoms with Crippen molar-refractivity contribution >= 4 is 35.4 Å². The molecule has 2 unspecified atom stereocenters. The predicted octanol–water partition coefficient (Wildman–Crippen LogP) is 1.45. The minimum Gasteiger partial charge on any atom is -0.480 e. The molecule has 4 atom stereocenters. The standard InChI is InChI=1S/C25H28ClN3O9/c1-12(2)23(32)38-18-13(3)37-25(34)16(11-36-24(33)15(18)10-14-8-6-5-7-9-14)27-20(30)17-21(31)29-22(35-4)19(26)28-17/h5-9,12-13,15-16,18H,10-11H2,1-4H3,(H,27,30)(H,29,31)/t13-,15+,16?,18?/m0/s1. The van der Waals surface area contributed by atoms with Crippen molar-refractivity contribution in [1.29, 1.82) is 0 Å². The van der Waals surface area contributed by atoms with E-state index in [9.17, 15) is 24.0 Å². The Balaban J connectivity index is 1.88. The normalized spacial score (nSPS) is 21.8. The van der Waals surface area contributed by atoms with Gasteiger partial charge in [-0.15, -0.1) is 0 Å². The predicted molar refractivity (Wildman–Crippen MR) is 133 cm³/mol. The Morgan fingerprint density at radius 3 is 2.50 bits per heavy atom. The van der Waals surface area contributed by atoms with Gasteiger partial charge in [-0.2, -0.15) is 0 Å². The number of halogens is 1. The second-order valence-corrected chi connectivity index (χ2v) is 9.25. The molecule has 1 aliphatic heterocycles. The monoisotopic (exact) mass is 549 g/mol. The number of rotatable bonds is 7. The van der Waals surface area contributed by atoms with E-state index < -0.39 is 71.8 Å². The number of nitrogens with one attached hydrogen (secondary N) is 2. The zero-order valence-corrected chi connectivity index (χ0v) is 21.9. The Labute approximate surface area is 223 Å². The van der Waals surface area contributed by atoms with Crippen molar-refractivity contribution in [1.82, 2.24) is 15.3 Å². The number of H-pyrrole nitrogens is 1. The number of cyclic esters (lactones) is 2. The van der Waals surface area contributed by atoms with Gasteiger partial charge in [0.2, 0.25) is 5.88 Å². The molecule has 0 saturated carbocycles. The minimum atomic E-state index is -1.49. The summed E-state index contributed by atoms with van der Waals surface area (Å²) in [5, 5.41) is 2.00. The maximum atomic E-state index is 13.2. The van der Waals surface area contributed by atoms with E-state index in [2.05, 4.69) is 15.3 Å². The molecule has 1 fully saturated rings. The number of aromatic nitrogens is 2. The lowest BCUT2D eigenvalue weighted by molar-refractivity contribution is -0.176. The number of ether oxygens (including phenoxy) is 4. The van der Waals surface area contributed by atoms with Crippen LogP contribution in [0, 0.1) is 11.8 Å². The number of carbonyl (C=O) groups excluding carboxylic acids is 4. The molecule has 1 amide bonds. The van der Waals surface area contributed by atoms with Crippen LogP contribution in [0.3, 0.4) is 0 Å². The molecule has 1 saturated heterocycles. The van der Waals surface area contributed by atoms with E-state index in [1.54, 1.807) is 38.1 Å². The van der Waals surface area contributed by atoms with Crippen molar-refractivity contribution < 1.29 is 38.1 Å². The lowest BCUT2D eigenvalue weighted by atomic mass is 9.91. The summed E-state index contributed by atoms with van der Waals surface area (Å²) in [6.45, 7) is 4.13. The molecule has 13 heteroatoms. The molecule has 0 bridgehead atoms. The topological polar surface area (TPSA) is 163 Å². The molecule has 3 rings (SSSR count). The number of methoxy groups -OCH3 is 1. The molecule has 0 spiro atoms. The largest absolute Gasteiger partial charge is 0.480 e. The molecule has 2 aromatic rings. The van der Waals surface area contributed by atoms with Crippen LogP contribution in [0.25, 0.3) is 0 Å². The first-order valence-electron chi connectivity index (χ1n) is 11.8. The average Bonchev–Trinajstić information content (AvgIpc) is 2.92. The summed E-state index contributed by atoms with van der Waals surface area (Å²) in [6, 6.07) is 7.50. The van der Waals surface area contributed by atoms with Crippen LogP contribution in [0.5, 0.6) is 5.88 Å². The van der Waals surface area contributed by atoms with Gasteiger partial charge in [0.05, 0.1) is 13.0 Å². The number of hydrogen-bond acceptors (Lipinski definition) is 10. The van der Waals surface area contributed by atoms with Gasteiger partial charge < -0.3 is 24.3 Å². The van der Waals surface area contributed by atoms with Gasteiger partial charge in [0.1, 0.15) is 18.6 Å². The lowest BCUT2D eigenvalue weighted by Gasteiger charge is -2.29. The number of hydrogen-bond donors (Lipinski definition) is 2. The third-order valence-corrected chi connectivity index (χ3v) is 5.98. The highest BCUT2D eigenvalue weighted by atomic mass is 35.5. The van der Waals surface area contributed by atoms with Gasteiger partial charge in [0, 0.05) is 0 Å². The SMILES string of the molecule is COc1[nH]c(=O)c(C(=O)NC2COC(=O)[C@H](Cc3ccccc3)C(OC(=O)C(C)C)[C@H](C)OC2=O)nc1Cl. The van der Waals surface area contributed by atoms with Crippen LogP contribution >= 0.6 is 11.6 Å². The molecule has 204 valence electrons. The number of aromatic amines is 1. The van der Waals surface area contributed by atoms with Crippen LogP contribution in [0.4, 0.5) is 0 Å². The van der Waals surface area contributed by atoms with Gasteiger partial charge in [0.25, 0.3) is 11.5 Å². The molecular weight excluding hydrogens is 522 g/mol. The molecule has 1 aromatic heterocycles.